The van der Waals surface area contributed by atoms with Gasteiger partial charge in [-0.05, 0) is 33.6 Å². The van der Waals surface area contributed by atoms with E-state index in [2.05, 4.69) is 0 Å². The van der Waals surface area contributed by atoms with Crippen LogP contribution >= 0.6 is 11.6 Å². The number of rotatable bonds is 18. The van der Waals surface area contributed by atoms with E-state index in [4.69, 9.17) is 25.8 Å². The molecule has 4 heteroatoms. The minimum Gasteiger partial charge on any atom is -0.328 e. The van der Waals surface area contributed by atoms with Crippen molar-refractivity contribution in [2.24, 2.45) is 0 Å². The fraction of sp³-hybridized carbons (Fsp3) is 1.00. The van der Waals surface area contributed by atoms with Crippen molar-refractivity contribution in [3.05, 3.63) is 0 Å². The highest BCUT2D eigenvalue weighted by atomic mass is 35.5. The van der Waals surface area contributed by atoms with E-state index in [9.17, 15) is 0 Å². The largest absolute Gasteiger partial charge is 0.328 e. The van der Waals surface area contributed by atoms with Gasteiger partial charge < -0.3 is 14.2 Å². The van der Waals surface area contributed by atoms with E-state index in [-0.39, 0.29) is 0 Å². The Morgan fingerprint density at radius 3 is 1.26 bits per heavy atom. The maximum atomic E-state index is 5.75. The molecule has 23 heavy (non-hydrogen) atoms. The fourth-order valence-electron chi connectivity index (χ4n) is 2.85. The van der Waals surface area contributed by atoms with Crippen LogP contribution in [0.5, 0.6) is 0 Å². The van der Waals surface area contributed by atoms with Crippen LogP contribution in [-0.2, 0) is 14.2 Å². The molecule has 0 atom stereocenters. The highest BCUT2D eigenvalue weighted by Gasteiger charge is 2.31. The zero-order valence-corrected chi connectivity index (χ0v) is 16.5. The summed E-state index contributed by atoms with van der Waals surface area (Å²) in [5, 5.41) is 0. The monoisotopic (exact) mass is 350 g/mol. The lowest BCUT2D eigenvalue weighted by Crippen LogP contribution is -2.39. The van der Waals surface area contributed by atoms with Crippen molar-refractivity contribution in [3.8, 4) is 0 Å². The third-order valence-corrected chi connectivity index (χ3v) is 4.23. The summed E-state index contributed by atoms with van der Waals surface area (Å²) in [5.41, 5.74) is 0. The molecule has 0 saturated heterocycles. The average Bonchev–Trinajstić information content (AvgIpc) is 2.53. The van der Waals surface area contributed by atoms with Crippen LogP contribution in [0.2, 0.25) is 0 Å². The van der Waals surface area contributed by atoms with Gasteiger partial charge in [0.2, 0.25) is 0 Å². The van der Waals surface area contributed by atoms with Gasteiger partial charge in [-0.3, -0.25) is 0 Å². The van der Waals surface area contributed by atoms with E-state index >= 15 is 0 Å². The van der Waals surface area contributed by atoms with Crippen LogP contribution in [0, 0.1) is 0 Å². The SMILES string of the molecule is CCOC(CCCCCCCCCCCCCl)(OCC)OCC. The molecule has 3 nitrogen and oxygen atoms in total. The molecule has 0 radical (unpaired) electrons. The van der Waals surface area contributed by atoms with Crippen LogP contribution in [0.3, 0.4) is 0 Å². The van der Waals surface area contributed by atoms with Gasteiger partial charge >= 0.3 is 0 Å². The standard InChI is InChI=1S/C19H39ClO3/c1-4-21-19(22-5-2,23-6-3)17-15-13-11-9-7-8-10-12-14-16-18-20/h4-18H2,1-3H3. The summed E-state index contributed by atoms with van der Waals surface area (Å²) >= 11 is 5.68. The molecule has 0 spiro atoms. The molecule has 0 unspecified atom stereocenters. The Hall–Kier alpha value is 0.170. The summed E-state index contributed by atoms with van der Waals surface area (Å²) in [6, 6.07) is 0. The summed E-state index contributed by atoms with van der Waals surface area (Å²) in [7, 11) is 0. The molecule has 0 saturated carbocycles. The quantitative estimate of drug-likeness (QED) is 0.165. The summed E-state index contributed by atoms with van der Waals surface area (Å²) in [6.07, 6.45) is 13.6. The number of halogens is 1. The highest BCUT2D eigenvalue weighted by molar-refractivity contribution is 6.17. The summed E-state index contributed by atoms with van der Waals surface area (Å²) in [6.45, 7) is 7.80. The van der Waals surface area contributed by atoms with Crippen LogP contribution < -0.4 is 0 Å². The van der Waals surface area contributed by atoms with Gasteiger partial charge in [-0.25, -0.2) is 0 Å². The molecule has 0 aromatic carbocycles. The topological polar surface area (TPSA) is 27.7 Å². The Bertz CT molecular complexity index is 220. The molecule has 0 rings (SSSR count). The van der Waals surface area contributed by atoms with E-state index in [1.54, 1.807) is 0 Å². The maximum Gasteiger partial charge on any atom is 0.282 e. The molecule has 0 heterocycles. The first-order valence-electron chi connectivity index (χ1n) is 9.72. The summed E-state index contributed by atoms with van der Waals surface area (Å²) in [4.78, 5) is 0. The average molecular weight is 351 g/mol. The molecule has 0 aromatic heterocycles. The van der Waals surface area contributed by atoms with Gasteiger partial charge in [-0.2, -0.15) is 0 Å². The van der Waals surface area contributed by atoms with Crippen molar-refractivity contribution in [3.63, 3.8) is 0 Å². The molecule has 140 valence electrons. The molecule has 0 aromatic rings. The predicted molar refractivity (Wildman–Crippen MR) is 99.1 cm³/mol. The Morgan fingerprint density at radius 2 is 0.913 bits per heavy atom. The normalized spacial score (nSPS) is 12.0. The minimum absolute atomic E-state index is 0.615. The van der Waals surface area contributed by atoms with Gasteiger partial charge in [0.15, 0.2) is 0 Å². The number of alkyl halides is 1. The molecular weight excluding hydrogens is 312 g/mol. The Morgan fingerprint density at radius 1 is 0.565 bits per heavy atom. The smallest absolute Gasteiger partial charge is 0.282 e. The Balaban J connectivity index is 3.65. The van der Waals surface area contributed by atoms with Gasteiger partial charge in [-0.1, -0.05) is 51.4 Å². The third kappa shape index (κ3) is 13.2. The molecule has 0 bridgehead atoms. The summed E-state index contributed by atoms with van der Waals surface area (Å²) < 4.78 is 17.2. The molecule has 0 aliphatic rings. The Labute approximate surface area is 149 Å². The van der Waals surface area contributed by atoms with Crippen molar-refractivity contribution in [2.75, 3.05) is 25.7 Å². The fourth-order valence-corrected chi connectivity index (χ4v) is 3.04. The molecule has 0 N–H and O–H groups in total. The van der Waals surface area contributed by atoms with Gasteiger partial charge in [0.1, 0.15) is 0 Å². The van der Waals surface area contributed by atoms with Crippen LogP contribution in [0.15, 0.2) is 0 Å². The first kappa shape index (κ1) is 23.2. The predicted octanol–water partition coefficient (Wildman–Crippen LogP) is 6.28. The lowest BCUT2D eigenvalue weighted by Gasteiger charge is -2.32. The molecular formula is C19H39ClO3. The van der Waals surface area contributed by atoms with E-state index in [0.29, 0.717) is 19.8 Å². The minimum atomic E-state index is -0.819. The second-order valence-electron chi connectivity index (χ2n) is 5.96. The van der Waals surface area contributed by atoms with Crippen LogP contribution in [-0.4, -0.2) is 31.7 Å². The Kier molecular flexibility index (Phi) is 17.1. The van der Waals surface area contributed by atoms with E-state index < -0.39 is 5.97 Å². The lowest BCUT2D eigenvalue weighted by atomic mass is 10.1. The number of hydrogen-bond donors (Lipinski definition) is 0. The van der Waals surface area contributed by atoms with Crippen molar-refractivity contribution < 1.29 is 14.2 Å². The second-order valence-corrected chi connectivity index (χ2v) is 6.33. The first-order valence-corrected chi connectivity index (χ1v) is 10.3. The second kappa shape index (κ2) is 17.0. The first-order chi connectivity index (χ1) is 11.2. The van der Waals surface area contributed by atoms with Gasteiger partial charge in [0.25, 0.3) is 5.97 Å². The molecule has 0 aliphatic carbocycles. The lowest BCUT2D eigenvalue weighted by molar-refractivity contribution is -0.380. The van der Waals surface area contributed by atoms with Gasteiger partial charge in [0.05, 0.1) is 0 Å². The number of ether oxygens (including phenoxy) is 3. The highest BCUT2D eigenvalue weighted by Crippen LogP contribution is 2.24. The van der Waals surface area contributed by atoms with Crippen LogP contribution in [0.4, 0.5) is 0 Å². The number of unbranched alkanes of at least 4 members (excludes halogenated alkanes) is 9. The zero-order chi connectivity index (χ0) is 17.2. The van der Waals surface area contributed by atoms with Gasteiger partial charge in [0, 0.05) is 32.1 Å². The molecule has 0 fully saturated rings. The van der Waals surface area contributed by atoms with E-state index in [0.717, 1.165) is 18.7 Å². The van der Waals surface area contributed by atoms with Crippen molar-refractivity contribution in [1.82, 2.24) is 0 Å². The van der Waals surface area contributed by atoms with Gasteiger partial charge in [-0.15, -0.1) is 11.6 Å². The van der Waals surface area contributed by atoms with Crippen LogP contribution in [0.1, 0.15) is 91.4 Å². The van der Waals surface area contributed by atoms with Crippen molar-refractivity contribution in [1.29, 1.82) is 0 Å². The number of hydrogen-bond acceptors (Lipinski definition) is 3. The maximum absolute atomic E-state index is 5.75. The zero-order valence-electron chi connectivity index (χ0n) is 15.7. The van der Waals surface area contributed by atoms with Crippen LogP contribution in [0.25, 0.3) is 0 Å². The van der Waals surface area contributed by atoms with E-state index in [1.165, 1.54) is 57.8 Å². The molecule has 0 amide bonds. The van der Waals surface area contributed by atoms with Crippen molar-refractivity contribution >= 4 is 11.6 Å². The summed E-state index contributed by atoms with van der Waals surface area (Å²) in [5.74, 6) is -0.00655. The van der Waals surface area contributed by atoms with E-state index in [1.807, 2.05) is 20.8 Å². The molecule has 0 aliphatic heterocycles. The van der Waals surface area contributed by atoms with Crippen molar-refractivity contribution in [2.45, 2.75) is 97.4 Å². The third-order valence-electron chi connectivity index (χ3n) is 3.96.